The van der Waals surface area contributed by atoms with Crippen molar-refractivity contribution in [2.45, 2.75) is 44.7 Å². The summed E-state index contributed by atoms with van der Waals surface area (Å²) in [5, 5.41) is 0.844. The molecule has 3 aromatic rings. The summed E-state index contributed by atoms with van der Waals surface area (Å²) in [7, 11) is 0. The molecule has 0 spiro atoms. The summed E-state index contributed by atoms with van der Waals surface area (Å²) in [6, 6.07) is 13.9. The van der Waals surface area contributed by atoms with E-state index in [1.54, 1.807) is 6.20 Å². The van der Waals surface area contributed by atoms with E-state index in [2.05, 4.69) is 9.88 Å². The van der Waals surface area contributed by atoms with Crippen LogP contribution in [0.1, 0.15) is 58.5 Å². The van der Waals surface area contributed by atoms with Gasteiger partial charge in [-0.2, -0.15) is 0 Å². The van der Waals surface area contributed by atoms with Crippen molar-refractivity contribution < 1.29 is 9.59 Å². The zero-order valence-electron chi connectivity index (χ0n) is 19.3. The minimum atomic E-state index is -0.0123. The first-order valence-electron chi connectivity index (χ1n) is 12.4. The van der Waals surface area contributed by atoms with Crippen LogP contribution in [0, 0.1) is 0 Å². The van der Waals surface area contributed by atoms with E-state index in [1.807, 2.05) is 52.3 Å². The highest BCUT2D eigenvalue weighted by Gasteiger charge is 2.39. The van der Waals surface area contributed by atoms with Gasteiger partial charge in [0.25, 0.3) is 11.8 Å². The lowest BCUT2D eigenvalue weighted by Gasteiger charge is -2.36. The average molecular weight is 456 g/mol. The highest BCUT2D eigenvalue weighted by molar-refractivity contribution is 6.11. The standard InChI is InChI=1S/C27H29N5O2/c33-26(31-16-14-30(15-17-31)23-12-6-7-13-28-23)24-20-10-4-5-11-22(20)29-25-21(24)18-32(27(25)34)19-8-2-1-3-9-19/h4-7,10-13,19H,1-3,8-9,14-18H2. The fraction of sp³-hybridized carbons (Fsp3) is 0.407. The lowest BCUT2D eigenvalue weighted by molar-refractivity contribution is 0.0652. The normalized spacial score (nSPS) is 19.1. The number of anilines is 1. The molecule has 3 aliphatic rings. The predicted molar refractivity (Wildman–Crippen MR) is 131 cm³/mol. The third-order valence-corrected chi connectivity index (χ3v) is 7.55. The van der Waals surface area contributed by atoms with Crippen LogP contribution in [0.25, 0.3) is 10.9 Å². The van der Waals surface area contributed by atoms with E-state index in [4.69, 9.17) is 4.98 Å². The molecule has 174 valence electrons. The minimum absolute atomic E-state index is 0.00816. The highest BCUT2D eigenvalue weighted by atomic mass is 16.2. The van der Waals surface area contributed by atoms with Crippen LogP contribution in [0.4, 0.5) is 5.82 Å². The van der Waals surface area contributed by atoms with Gasteiger partial charge in [-0.3, -0.25) is 9.59 Å². The second-order valence-corrected chi connectivity index (χ2v) is 9.52. The van der Waals surface area contributed by atoms with E-state index in [0.717, 1.165) is 61.1 Å². The van der Waals surface area contributed by atoms with Gasteiger partial charge in [-0.1, -0.05) is 43.5 Å². The molecule has 2 amide bonds. The SMILES string of the molecule is O=C(c1c2c(nc3ccccc13)C(=O)N(C1CCCCC1)C2)N1CCN(c2ccccn2)CC1. The Balaban J connectivity index is 1.32. The summed E-state index contributed by atoms with van der Waals surface area (Å²) in [6.45, 7) is 3.22. The van der Waals surface area contributed by atoms with E-state index >= 15 is 0 Å². The molecule has 1 saturated heterocycles. The van der Waals surface area contributed by atoms with E-state index < -0.39 is 0 Å². The molecule has 6 rings (SSSR count). The van der Waals surface area contributed by atoms with Gasteiger partial charge in [-0.15, -0.1) is 0 Å². The molecule has 4 heterocycles. The Kier molecular flexibility index (Phi) is 5.40. The maximum Gasteiger partial charge on any atom is 0.273 e. The molecule has 0 bridgehead atoms. The number of nitrogens with zero attached hydrogens (tertiary/aromatic N) is 5. The number of fused-ring (bicyclic) bond motifs is 2. The van der Waals surface area contributed by atoms with Crippen LogP contribution < -0.4 is 4.90 Å². The van der Waals surface area contributed by atoms with Crippen LogP contribution in [-0.2, 0) is 6.54 Å². The van der Waals surface area contributed by atoms with Crippen LogP contribution >= 0.6 is 0 Å². The van der Waals surface area contributed by atoms with Crippen molar-refractivity contribution in [2.75, 3.05) is 31.1 Å². The average Bonchev–Trinajstić information content (AvgIpc) is 3.23. The molecule has 1 aliphatic carbocycles. The fourth-order valence-corrected chi connectivity index (χ4v) is 5.73. The summed E-state index contributed by atoms with van der Waals surface area (Å²) < 4.78 is 0. The molecule has 7 nitrogen and oxygen atoms in total. The number of benzene rings is 1. The van der Waals surface area contributed by atoms with Crippen LogP contribution in [0.2, 0.25) is 0 Å². The Morgan fingerprint density at radius 3 is 2.44 bits per heavy atom. The first kappa shape index (κ1) is 21.1. The van der Waals surface area contributed by atoms with Gasteiger partial charge in [0, 0.05) is 55.9 Å². The number of amides is 2. The minimum Gasteiger partial charge on any atom is -0.353 e. The van der Waals surface area contributed by atoms with E-state index in [1.165, 1.54) is 6.42 Å². The van der Waals surface area contributed by atoms with Gasteiger partial charge >= 0.3 is 0 Å². The number of hydrogen-bond donors (Lipinski definition) is 0. The molecule has 0 radical (unpaired) electrons. The summed E-state index contributed by atoms with van der Waals surface area (Å²) in [5.41, 5.74) is 2.67. The smallest absolute Gasteiger partial charge is 0.273 e. The number of aromatic nitrogens is 2. The van der Waals surface area contributed by atoms with Crippen molar-refractivity contribution in [1.29, 1.82) is 0 Å². The molecule has 0 unspecified atom stereocenters. The maximum atomic E-state index is 13.9. The number of piperazine rings is 1. The highest BCUT2D eigenvalue weighted by Crippen LogP contribution is 2.35. The Morgan fingerprint density at radius 2 is 1.68 bits per heavy atom. The zero-order chi connectivity index (χ0) is 23.1. The van der Waals surface area contributed by atoms with Crippen molar-refractivity contribution in [1.82, 2.24) is 19.8 Å². The summed E-state index contributed by atoms with van der Waals surface area (Å²) in [4.78, 5) is 42.7. The molecule has 0 atom stereocenters. The lowest BCUT2D eigenvalue weighted by Crippen LogP contribution is -2.49. The third kappa shape index (κ3) is 3.59. The van der Waals surface area contributed by atoms with Gasteiger partial charge in [-0.05, 0) is 31.0 Å². The molecule has 7 heteroatoms. The quantitative estimate of drug-likeness (QED) is 0.600. The maximum absolute atomic E-state index is 13.9. The van der Waals surface area contributed by atoms with Crippen molar-refractivity contribution >= 4 is 28.5 Å². The van der Waals surface area contributed by atoms with Crippen LogP contribution in [0.15, 0.2) is 48.7 Å². The Bertz CT molecular complexity index is 1230. The van der Waals surface area contributed by atoms with Crippen molar-refractivity contribution in [2.24, 2.45) is 0 Å². The van der Waals surface area contributed by atoms with Gasteiger partial charge in [-0.25, -0.2) is 9.97 Å². The van der Waals surface area contributed by atoms with E-state index in [0.29, 0.717) is 30.9 Å². The van der Waals surface area contributed by atoms with Crippen molar-refractivity contribution in [3.63, 3.8) is 0 Å². The molecule has 0 N–H and O–H groups in total. The largest absolute Gasteiger partial charge is 0.353 e. The van der Waals surface area contributed by atoms with Crippen LogP contribution in [0.5, 0.6) is 0 Å². The number of para-hydroxylation sites is 1. The Labute approximate surface area is 199 Å². The molecule has 1 saturated carbocycles. The summed E-state index contributed by atoms with van der Waals surface area (Å²) in [6.07, 6.45) is 7.44. The van der Waals surface area contributed by atoms with Crippen LogP contribution in [0.3, 0.4) is 0 Å². The molecule has 34 heavy (non-hydrogen) atoms. The number of pyridine rings is 2. The first-order valence-corrected chi connectivity index (χ1v) is 12.4. The molecule has 2 aliphatic heterocycles. The van der Waals surface area contributed by atoms with Gasteiger partial charge in [0.05, 0.1) is 11.1 Å². The van der Waals surface area contributed by atoms with Gasteiger partial charge < -0.3 is 14.7 Å². The molecular formula is C27H29N5O2. The van der Waals surface area contributed by atoms with E-state index in [9.17, 15) is 9.59 Å². The molecular weight excluding hydrogens is 426 g/mol. The van der Waals surface area contributed by atoms with Crippen LogP contribution in [-0.4, -0.2) is 63.8 Å². The topological polar surface area (TPSA) is 69.6 Å². The molecule has 2 aromatic heterocycles. The van der Waals surface area contributed by atoms with Gasteiger partial charge in [0.1, 0.15) is 11.5 Å². The number of carbonyl (C=O) groups excluding carboxylic acids is 2. The van der Waals surface area contributed by atoms with E-state index in [-0.39, 0.29) is 17.9 Å². The fourth-order valence-electron chi connectivity index (χ4n) is 5.73. The lowest BCUT2D eigenvalue weighted by atomic mass is 9.94. The Hall–Kier alpha value is -3.48. The summed E-state index contributed by atoms with van der Waals surface area (Å²) in [5.74, 6) is 0.939. The second kappa shape index (κ2) is 8.70. The number of carbonyl (C=O) groups is 2. The number of hydrogen-bond acceptors (Lipinski definition) is 5. The summed E-state index contributed by atoms with van der Waals surface area (Å²) >= 11 is 0. The monoisotopic (exact) mass is 455 g/mol. The zero-order valence-corrected chi connectivity index (χ0v) is 19.3. The van der Waals surface area contributed by atoms with Gasteiger partial charge in [0.2, 0.25) is 0 Å². The van der Waals surface area contributed by atoms with Crippen molar-refractivity contribution in [3.8, 4) is 0 Å². The van der Waals surface area contributed by atoms with Gasteiger partial charge in [0.15, 0.2) is 0 Å². The molecule has 2 fully saturated rings. The number of rotatable bonds is 3. The van der Waals surface area contributed by atoms with Crippen molar-refractivity contribution in [3.05, 3.63) is 65.5 Å². The molecule has 1 aromatic carbocycles. The third-order valence-electron chi connectivity index (χ3n) is 7.55. The second-order valence-electron chi connectivity index (χ2n) is 9.52. The first-order chi connectivity index (χ1) is 16.7. The Morgan fingerprint density at radius 1 is 0.912 bits per heavy atom. The predicted octanol–water partition coefficient (Wildman–Crippen LogP) is 3.88.